The molecule has 3 heteroatoms. The third-order valence-corrected chi connectivity index (χ3v) is 3.41. The quantitative estimate of drug-likeness (QED) is 0.766. The highest BCUT2D eigenvalue weighted by Gasteiger charge is 2.15. The normalized spacial score (nSPS) is 12.5. The minimum Gasteiger partial charge on any atom is -0.349 e. The summed E-state index contributed by atoms with van der Waals surface area (Å²) in [5.41, 5.74) is 1.36. The van der Waals surface area contributed by atoms with E-state index in [1.54, 1.807) is 19.0 Å². The first-order valence-corrected chi connectivity index (χ1v) is 6.98. The molecule has 1 atom stereocenters. The van der Waals surface area contributed by atoms with Crippen LogP contribution < -0.4 is 5.32 Å². The van der Waals surface area contributed by atoms with Crippen molar-refractivity contribution in [3.63, 3.8) is 0 Å². The van der Waals surface area contributed by atoms with Crippen molar-refractivity contribution >= 4 is 5.91 Å². The lowest BCUT2D eigenvalue weighted by atomic mass is 9.88. The highest BCUT2D eigenvalue weighted by molar-refractivity contribution is 5.75. The Morgan fingerprint density at radius 1 is 1.21 bits per heavy atom. The summed E-state index contributed by atoms with van der Waals surface area (Å²) in [7, 11) is 3.59. The number of hydrogen-bond acceptors (Lipinski definition) is 2. The predicted octanol–water partition coefficient (Wildman–Crippen LogP) is 2.49. The van der Waals surface area contributed by atoms with Gasteiger partial charge in [0.2, 0.25) is 5.91 Å². The molecule has 0 aliphatic rings. The van der Waals surface area contributed by atoms with Gasteiger partial charge in [0.15, 0.2) is 0 Å². The Bertz CT molecular complexity index is 374. The maximum atomic E-state index is 11.5. The maximum Gasteiger partial charge on any atom is 0.223 e. The Morgan fingerprint density at radius 2 is 1.84 bits per heavy atom. The number of carbonyl (C=O) groups excluding carboxylic acids is 1. The second kappa shape index (κ2) is 7.95. The molecule has 0 heterocycles. The molecule has 1 unspecified atom stereocenters. The Hall–Kier alpha value is -1.35. The van der Waals surface area contributed by atoms with E-state index in [1.165, 1.54) is 5.56 Å². The van der Waals surface area contributed by atoms with Crippen molar-refractivity contribution in [3.05, 3.63) is 35.9 Å². The van der Waals surface area contributed by atoms with Crippen LogP contribution in [-0.2, 0) is 4.79 Å². The molecule has 1 amide bonds. The Labute approximate surface area is 117 Å². The number of amides is 1. The van der Waals surface area contributed by atoms with Crippen LogP contribution in [0.25, 0.3) is 0 Å². The van der Waals surface area contributed by atoms with Crippen LogP contribution in [0.1, 0.15) is 31.7 Å². The first-order valence-electron chi connectivity index (χ1n) is 6.98. The van der Waals surface area contributed by atoms with Gasteiger partial charge in [0, 0.05) is 33.6 Å². The van der Waals surface area contributed by atoms with Gasteiger partial charge in [-0.05, 0) is 17.4 Å². The molecule has 0 aliphatic carbocycles. The molecule has 106 valence electrons. The molecule has 1 aromatic carbocycles. The van der Waals surface area contributed by atoms with E-state index in [9.17, 15) is 4.79 Å². The summed E-state index contributed by atoms with van der Waals surface area (Å²) in [6.45, 7) is 6.14. The van der Waals surface area contributed by atoms with Gasteiger partial charge in [-0.2, -0.15) is 0 Å². The van der Waals surface area contributed by atoms with E-state index < -0.39 is 0 Å². The smallest absolute Gasteiger partial charge is 0.223 e. The van der Waals surface area contributed by atoms with E-state index in [0.29, 0.717) is 18.3 Å². The van der Waals surface area contributed by atoms with Crippen LogP contribution in [0.15, 0.2) is 30.3 Å². The van der Waals surface area contributed by atoms with Gasteiger partial charge in [0.1, 0.15) is 0 Å². The summed E-state index contributed by atoms with van der Waals surface area (Å²) in [4.78, 5) is 13.1. The van der Waals surface area contributed by atoms with Crippen LogP contribution >= 0.6 is 0 Å². The lowest BCUT2D eigenvalue weighted by Gasteiger charge is -2.22. The maximum absolute atomic E-state index is 11.5. The molecule has 0 saturated carbocycles. The number of benzene rings is 1. The van der Waals surface area contributed by atoms with Crippen LogP contribution in [0.3, 0.4) is 0 Å². The van der Waals surface area contributed by atoms with E-state index in [-0.39, 0.29) is 5.91 Å². The molecule has 0 fully saturated rings. The summed E-state index contributed by atoms with van der Waals surface area (Å²) in [5.74, 6) is 1.25. The second-order valence-corrected chi connectivity index (χ2v) is 5.50. The van der Waals surface area contributed by atoms with E-state index in [1.807, 2.05) is 6.07 Å². The molecule has 0 aliphatic heterocycles. The molecule has 19 heavy (non-hydrogen) atoms. The fraction of sp³-hybridized carbons (Fsp3) is 0.562. The molecule has 0 spiro atoms. The van der Waals surface area contributed by atoms with Gasteiger partial charge >= 0.3 is 0 Å². The number of rotatable bonds is 7. The highest BCUT2D eigenvalue weighted by Crippen LogP contribution is 2.23. The van der Waals surface area contributed by atoms with Crippen molar-refractivity contribution in [1.29, 1.82) is 0 Å². The average molecular weight is 262 g/mol. The van der Waals surface area contributed by atoms with Gasteiger partial charge < -0.3 is 10.2 Å². The van der Waals surface area contributed by atoms with Crippen molar-refractivity contribution in [2.75, 3.05) is 27.2 Å². The zero-order chi connectivity index (χ0) is 14.3. The lowest BCUT2D eigenvalue weighted by Crippen LogP contribution is -2.30. The molecule has 3 nitrogen and oxygen atoms in total. The van der Waals surface area contributed by atoms with E-state index in [4.69, 9.17) is 0 Å². The van der Waals surface area contributed by atoms with E-state index in [2.05, 4.69) is 43.4 Å². The van der Waals surface area contributed by atoms with Crippen molar-refractivity contribution in [2.24, 2.45) is 5.92 Å². The fourth-order valence-electron chi connectivity index (χ4n) is 2.12. The van der Waals surface area contributed by atoms with Crippen molar-refractivity contribution in [2.45, 2.75) is 26.2 Å². The minimum atomic E-state index is 0.174. The van der Waals surface area contributed by atoms with Crippen LogP contribution in [0.4, 0.5) is 0 Å². The number of carbonyl (C=O) groups is 1. The highest BCUT2D eigenvalue weighted by atomic mass is 16.2. The molecule has 1 rings (SSSR count). The van der Waals surface area contributed by atoms with Gasteiger partial charge in [-0.25, -0.2) is 0 Å². The molecule has 0 saturated heterocycles. The molecular weight excluding hydrogens is 236 g/mol. The van der Waals surface area contributed by atoms with Crippen molar-refractivity contribution in [3.8, 4) is 0 Å². The SMILES string of the molecule is CC(C)C(CNCCC(=O)N(C)C)c1ccccc1. The average Bonchev–Trinajstić information content (AvgIpc) is 2.38. The zero-order valence-corrected chi connectivity index (χ0v) is 12.5. The Morgan fingerprint density at radius 3 is 2.37 bits per heavy atom. The van der Waals surface area contributed by atoms with Crippen molar-refractivity contribution in [1.82, 2.24) is 10.2 Å². The van der Waals surface area contributed by atoms with Gasteiger partial charge in [0.05, 0.1) is 0 Å². The van der Waals surface area contributed by atoms with Gasteiger partial charge in [0.25, 0.3) is 0 Å². The van der Waals surface area contributed by atoms with Crippen LogP contribution in [-0.4, -0.2) is 38.0 Å². The summed E-state index contributed by atoms with van der Waals surface area (Å²) >= 11 is 0. The monoisotopic (exact) mass is 262 g/mol. The topological polar surface area (TPSA) is 32.3 Å². The standard InChI is InChI=1S/C16H26N2O/c1-13(2)15(14-8-6-5-7-9-14)12-17-11-10-16(19)18(3)4/h5-9,13,15,17H,10-12H2,1-4H3. The predicted molar refractivity (Wildman–Crippen MR) is 80.2 cm³/mol. The fourth-order valence-corrected chi connectivity index (χ4v) is 2.12. The van der Waals surface area contributed by atoms with Gasteiger partial charge in [-0.1, -0.05) is 44.2 Å². The van der Waals surface area contributed by atoms with Crippen LogP contribution in [0, 0.1) is 5.92 Å². The first-order chi connectivity index (χ1) is 9.02. The van der Waals surface area contributed by atoms with E-state index >= 15 is 0 Å². The lowest BCUT2D eigenvalue weighted by molar-refractivity contribution is -0.128. The molecule has 1 aromatic rings. The zero-order valence-electron chi connectivity index (χ0n) is 12.5. The van der Waals surface area contributed by atoms with Gasteiger partial charge in [-0.15, -0.1) is 0 Å². The second-order valence-electron chi connectivity index (χ2n) is 5.50. The summed E-state index contributed by atoms with van der Waals surface area (Å²) < 4.78 is 0. The van der Waals surface area contributed by atoms with Crippen LogP contribution in [0.2, 0.25) is 0 Å². The molecule has 0 bridgehead atoms. The number of nitrogens with zero attached hydrogens (tertiary/aromatic N) is 1. The minimum absolute atomic E-state index is 0.174. The first kappa shape index (κ1) is 15.7. The number of nitrogens with one attached hydrogen (secondary N) is 1. The Balaban J connectivity index is 2.42. The van der Waals surface area contributed by atoms with E-state index in [0.717, 1.165) is 13.1 Å². The van der Waals surface area contributed by atoms with Gasteiger partial charge in [-0.3, -0.25) is 4.79 Å². The summed E-state index contributed by atoms with van der Waals surface area (Å²) in [5, 5.41) is 3.40. The van der Waals surface area contributed by atoms with Crippen molar-refractivity contribution < 1.29 is 4.79 Å². The summed E-state index contributed by atoms with van der Waals surface area (Å²) in [6.07, 6.45) is 0.562. The van der Waals surface area contributed by atoms with Crippen LogP contribution in [0.5, 0.6) is 0 Å². The molecule has 0 radical (unpaired) electrons. The largest absolute Gasteiger partial charge is 0.349 e. The summed E-state index contributed by atoms with van der Waals surface area (Å²) in [6, 6.07) is 10.6. The molecular formula is C16H26N2O. The number of hydrogen-bond donors (Lipinski definition) is 1. The third kappa shape index (κ3) is 5.43. The molecule has 1 N–H and O–H groups in total. The Kier molecular flexibility index (Phi) is 6.57. The molecule has 0 aromatic heterocycles. The third-order valence-electron chi connectivity index (χ3n) is 3.41.